The van der Waals surface area contributed by atoms with Crippen LogP contribution in [0.2, 0.25) is 0 Å². The highest BCUT2D eigenvalue weighted by Crippen LogP contribution is 2.19. The van der Waals surface area contributed by atoms with Gasteiger partial charge in [0.15, 0.2) is 0 Å². The molecule has 102 valence electrons. The van der Waals surface area contributed by atoms with Crippen molar-refractivity contribution in [3.63, 3.8) is 0 Å². The van der Waals surface area contributed by atoms with Crippen molar-refractivity contribution in [1.29, 1.82) is 0 Å². The van der Waals surface area contributed by atoms with Crippen molar-refractivity contribution in [2.45, 2.75) is 78.9 Å². The Labute approximate surface area is 106 Å². The summed E-state index contributed by atoms with van der Waals surface area (Å²) in [4.78, 5) is 11.7. The van der Waals surface area contributed by atoms with E-state index in [-0.39, 0.29) is 17.5 Å². The molecule has 3 nitrogen and oxygen atoms in total. The Morgan fingerprint density at radius 3 is 2.29 bits per heavy atom. The Balaban J connectivity index is 3.88. The van der Waals surface area contributed by atoms with E-state index in [1.54, 1.807) is 0 Å². The number of carbonyl (C=O) groups is 1. The molecule has 0 aromatic carbocycles. The third kappa shape index (κ3) is 7.37. The van der Waals surface area contributed by atoms with Crippen LogP contribution in [0.3, 0.4) is 0 Å². The van der Waals surface area contributed by atoms with Crippen LogP contribution in [0.1, 0.15) is 66.7 Å². The summed E-state index contributed by atoms with van der Waals surface area (Å²) in [5.74, 6) is -0.277. The molecule has 17 heavy (non-hydrogen) atoms. The number of unbranched alkanes of at least 4 members (excludes halogenated alkanes) is 3. The maximum Gasteiger partial charge on any atom is 0.323 e. The summed E-state index contributed by atoms with van der Waals surface area (Å²) >= 11 is 0. The SMILES string of the molecule is CCCCCCC(C)OC(=O)[C@H](N)C(C)(C)C. The molecule has 0 radical (unpaired) electrons. The van der Waals surface area contributed by atoms with Gasteiger partial charge < -0.3 is 10.5 Å². The third-order valence-corrected chi connectivity index (χ3v) is 2.97. The predicted octanol–water partition coefficient (Wildman–Crippen LogP) is 3.26. The first-order valence-electron chi connectivity index (χ1n) is 6.75. The van der Waals surface area contributed by atoms with Crippen molar-refractivity contribution in [3.8, 4) is 0 Å². The van der Waals surface area contributed by atoms with Gasteiger partial charge in [-0.1, -0.05) is 47.0 Å². The van der Waals surface area contributed by atoms with Crippen LogP contribution in [0.15, 0.2) is 0 Å². The normalized spacial score (nSPS) is 15.4. The zero-order valence-corrected chi connectivity index (χ0v) is 12.1. The molecule has 2 atom stereocenters. The summed E-state index contributed by atoms with van der Waals surface area (Å²) in [5, 5.41) is 0. The standard InChI is InChI=1S/C14H29NO2/c1-6-7-8-9-10-11(2)17-13(16)12(15)14(3,4)5/h11-12H,6-10,15H2,1-5H3/t11?,12-/m0/s1. The summed E-state index contributed by atoms with van der Waals surface area (Å²) in [6.45, 7) is 9.98. The van der Waals surface area contributed by atoms with Gasteiger partial charge in [0.25, 0.3) is 0 Å². The van der Waals surface area contributed by atoms with E-state index in [2.05, 4.69) is 6.92 Å². The molecule has 0 aromatic heterocycles. The van der Waals surface area contributed by atoms with Gasteiger partial charge in [-0.2, -0.15) is 0 Å². The Kier molecular flexibility index (Phi) is 7.44. The Morgan fingerprint density at radius 1 is 1.24 bits per heavy atom. The van der Waals surface area contributed by atoms with E-state index in [1.165, 1.54) is 19.3 Å². The molecule has 1 unspecified atom stereocenters. The molecule has 3 heteroatoms. The summed E-state index contributed by atoms with van der Waals surface area (Å²) in [7, 11) is 0. The van der Waals surface area contributed by atoms with Gasteiger partial charge in [0.1, 0.15) is 6.04 Å². The van der Waals surface area contributed by atoms with Crippen LogP contribution >= 0.6 is 0 Å². The Bertz CT molecular complexity index is 221. The molecule has 0 heterocycles. The first-order valence-corrected chi connectivity index (χ1v) is 6.75. The summed E-state index contributed by atoms with van der Waals surface area (Å²) < 4.78 is 5.35. The maximum absolute atomic E-state index is 11.7. The smallest absolute Gasteiger partial charge is 0.323 e. The highest BCUT2D eigenvalue weighted by Gasteiger charge is 2.29. The van der Waals surface area contributed by atoms with Crippen LogP contribution in [-0.4, -0.2) is 18.1 Å². The summed E-state index contributed by atoms with van der Waals surface area (Å²) in [6, 6.07) is -0.541. The molecule has 0 bridgehead atoms. The van der Waals surface area contributed by atoms with Gasteiger partial charge in [-0.3, -0.25) is 4.79 Å². The molecule has 0 spiro atoms. The first-order chi connectivity index (χ1) is 7.79. The molecule has 0 aromatic rings. The molecule has 0 fully saturated rings. The van der Waals surface area contributed by atoms with E-state index in [9.17, 15) is 4.79 Å². The minimum absolute atomic E-state index is 0.0206. The zero-order chi connectivity index (χ0) is 13.5. The number of ether oxygens (including phenoxy) is 1. The second-order valence-electron chi connectivity index (χ2n) is 5.94. The van der Waals surface area contributed by atoms with Crippen molar-refractivity contribution >= 4 is 5.97 Å². The molecule has 0 saturated carbocycles. The third-order valence-electron chi connectivity index (χ3n) is 2.97. The fraction of sp³-hybridized carbons (Fsp3) is 0.929. The molecule has 0 aliphatic carbocycles. The number of rotatable bonds is 7. The van der Waals surface area contributed by atoms with E-state index in [4.69, 9.17) is 10.5 Å². The molecular weight excluding hydrogens is 214 g/mol. The van der Waals surface area contributed by atoms with E-state index >= 15 is 0 Å². The van der Waals surface area contributed by atoms with Crippen molar-refractivity contribution in [1.82, 2.24) is 0 Å². The van der Waals surface area contributed by atoms with Crippen LogP contribution in [-0.2, 0) is 9.53 Å². The van der Waals surface area contributed by atoms with E-state index in [0.29, 0.717) is 0 Å². The van der Waals surface area contributed by atoms with Gasteiger partial charge in [-0.15, -0.1) is 0 Å². The first kappa shape index (κ1) is 16.4. The minimum atomic E-state index is -0.541. The monoisotopic (exact) mass is 243 g/mol. The number of nitrogens with two attached hydrogens (primary N) is 1. The van der Waals surface area contributed by atoms with Gasteiger partial charge >= 0.3 is 5.97 Å². The summed E-state index contributed by atoms with van der Waals surface area (Å²) in [5.41, 5.74) is 5.61. The van der Waals surface area contributed by atoms with Crippen LogP contribution in [0.25, 0.3) is 0 Å². The quantitative estimate of drug-likeness (QED) is 0.551. The van der Waals surface area contributed by atoms with E-state index < -0.39 is 6.04 Å². The van der Waals surface area contributed by atoms with Gasteiger partial charge in [-0.25, -0.2) is 0 Å². The molecule has 0 aliphatic rings. The molecule has 0 rings (SSSR count). The van der Waals surface area contributed by atoms with Crippen LogP contribution in [0, 0.1) is 5.41 Å². The molecule has 2 N–H and O–H groups in total. The number of hydrogen-bond donors (Lipinski definition) is 1. The highest BCUT2D eigenvalue weighted by molar-refractivity contribution is 5.76. The topological polar surface area (TPSA) is 52.3 Å². The average Bonchev–Trinajstić information content (AvgIpc) is 2.22. The number of esters is 1. The van der Waals surface area contributed by atoms with E-state index in [1.807, 2.05) is 27.7 Å². The van der Waals surface area contributed by atoms with Crippen LogP contribution in [0.4, 0.5) is 0 Å². The van der Waals surface area contributed by atoms with Gasteiger partial charge in [0, 0.05) is 0 Å². The van der Waals surface area contributed by atoms with Crippen molar-refractivity contribution in [2.24, 2.45) is 11.1 Å². The molecular formula is C14H29NO2. The van der Waals surface area contributed by atoms with Gasteiger partial charge in [0.05, 0.1) is 6.10 Å². The fourth-order valence-corrected chi connectivity index (χ4v) is 1.54. The predicted molar refractivity (Wildman–Crippen MR) is 71.7 cm³/mol. The molecule has 0 amide bonds. The van der Waals surface area contributed by atoms with Gasteiger partial charge in [0.2, 0.25) is 0 Å². The zero-order valence-electron chi connectivity index (χ0n) is 12.1. The molecule has 0 saturated heterocycles. The number of hydrogen-bond acceptors (Lipinski definition) is 3. The van der Waals surface area contributed by atoms with Crippen LogP contribution in [0.5, 0.6) is 0 Å². The average molecular weight is 243 g/mol. The molecule has 0 aliphatic heterocycles. The lowest BCUT2D eigenvalue weighted by molar-refractivity contribution is -0.152. The lowest BCUT2D eigenvalue weighted by atomic mass is 9.87. The van der Waals surface area contributed by atoms with Gasteiger partial charge in [-0.05, 0) is 25.2 Å². The largest absolute Gasteiger partial charge is 0.462 e. The second-order valence-corrected chi connectivity index (χ2v) is 5.94. The lowest BCUT2D eigenvalue weighted by Crippen LogP contribution is -2.44. The van der Waals surface area contributed by atoms with Crippen molar-refractivity contribution in [2.75, 3.05) is 0 Å². The summed E-state index contributed by atoms with van der Waals surface area (Å²) in [6.07, 6.45) is 5.72. The Hall–Kier alpha value is -0.570. The maximum atomic E-state index is 11.7. The number of carbonyl (C=O) groups excluding carboxylic acids is 1. The van der Waals surface area contributed by atoms with Crippen molar-refractivity contribution < 1.29 is 9.53 Å². The second kappa shape index (κ2) is 7.70. The van der Waals surface area contributed by atoms with Crippen molar-refractivity contribution in [3.05, 3.63) is 0 Å². The van der Waals surface area contributed by atoms with E-state index in [0.717, 1.165) is 12.8 Å². The highest BCUT2D eigenvalue weighted by atomic mass is 16.5. The fourth-order valence-electron chi connectivity index (χ4n) is 1.54. The lowest BCUT2D eigenvalue weighted by Gasteiger charge is -2.26. The minimum Gasteiger partial charge on any atom is -0.462 e. The Morgan fingerprint density at radius 2 is 1.82 bits per heavy atom. The van der Waals surface area contributed by atoms with Crippen LogP contribution < -0.4 is 5.73 Å².